The average Bonchev–Trinajstić information content (AvgIpc) is 2.86. The summed E-state index contributed by atoms with van der Waals surface area (Å²) in [6.07, 6.45) is 1.50. The first-order valence-corrected chi connectivity index (χ1v) is 6.59. The molecular weight excluding hydrogens is 268 g/mol. The van der Waals surface area contributed by atoms with Gasteiger partial charge in [-0.25, -0.2) is 4.98 Å². The molecule has 6 nitrogen and oxygen atoms in total. The summed E-state index contributed by atoms with van der Waals surface area (Å²) in [4.78, 5) is 31.8. The Kier molecular flexibility index (Phi) is 4.37. The van der Waals surface area contributed by atoms with Crippen molar-refractivity contribution in [1.82, 2.24) is 14.9 Å². The first-order chi connectivity index (χ1) is 9.95. The first kappa shape index (κ1) is 14.8. The second kappa shape index (κ2) is 6.21. The molecule has 0 aliphatic carbocycles. The van der Waals surface area contributed by atoms with Crippen molar-refractivity contribution in [3.05, 3.63) is 47.5 Å². The van der Waals surface area contributed by atoms with E-state index in [-0.39, 0.29) is 11.8 Å². The number of aromatic nitrogens is 2. The number of nitrogens with zero attached hydrogens (tertiary/aromatic N) is 2. The van der Waals surface area contributed by atoms with Gasteiger partial charge in [0.25, 0.3) is 5.91 Å². The molecule has 0 fully saturated rings. The predicted octanol–water partition coefficient (Wildman–Crippen LogP) is 1.95. The van der Waals surface area contributed by atoms with Crippen LogP contribution in [0.3, 0.4) is 0 Å². The summed E-state index contributed by atoms with van der Waals surface area (Å²) in [5.41, 5.74) is 2.05. The Morgan fingerprint density at radius 1 is 1.38 bits per heavy atom. The molecular formula is C15H18N4O2. The number of anilines is 1. The number of aryl methyl sites for hydroxylation is 1. The van der Waals surface area contributed by atoms with Crippen molar-refractivity contribution in [2.24, 2.45) is 0 Å². The summed E-state index contributed by atoms with van der Waals surface area (Å²) in [6.45, 7) is 3.81. The highest BCUT2D eigenvalue weighted by Crippen LogP contribution is 2.13. The topological polar surface area (TPSA) is 78.1 Å². The van der Waals surface area contributed by atoms with Crippen molar-refractivity contribution in [2.45, 2.75) is 20.4 Å². The molecule has 0 bridgehead atoms. The molecule has 0 spiro atoms. The summed E-state index contributed by atoms with van der Waals surface area (Å²) in [6, 6.07) is 7.41. The number of hydrogen-bond donors (Lipinski definition) is 2. The molecule has 2 amide bonds. The minimum atomic E-state index is -0.243. The van der Waals surface area contributed by atoms with Crippen molar-refractivity contribution in [1.29, 1.82) is 0 Å². The van der Waals surface area contributed by atoms with Gasteiger partial charge in [0.05, 0.1) is 6.20 Å². The molecule has 6 heteroatoms. The average molecular weight is 286 g/mol. The minimum Gasteiger partial charge on any atom is -0.342 e. The summed E-state index contributed by atoms with van der Waals surface area (Å²) in [5.74, 6) is 0.446. The van der Waals surface area contributed by atoms with Gasteiger partial charge in [0, 0.05) is 26.2 Å². The Balaban J connectivity index is 2.07. The monoisotopic (exact) mass is 286 g/mol. The maximum absolute atomic E-state index is 12.0. The van der Waals surface area contributed by atoms with E-state index in [9.17, 15) is 9.59 Å². The third kappa shape index (κ3) is 3.92. The van der Waals surface area contributed by atoms with Gasteiger partial charge in [-0.05, 0) is 24.6 Å². The Morgan fingerprint density at radius 3 is 2.76 bits per heavy atom. The van der Waals surface area contributed by atoms with Crippen LogP contribution in [0.15, 0.2) is 30.5 Å². The number of aromatic amines is 1. The second-order valence-electron chi connectivity index (χ2n) is 4.91. The van der Waals surface area contributed by atoms with E-state index in [4.69, 9.17) is 0 Å². The van der Waals surface area contributed by atoms with Crippen LogP contribution in [0.4, 0.5) is 5.69 Å². The number of carbonyl (C=O) groups is 2. The standard InChI is InChI=1S/C15H18N4O2/c1-10-16-8-14(17-10)15(21)18-13-6-4-5-12(7-13)9-19(3)11(2)20/h4-8H,9H2,1-3H3,(H,16,17)(H,18,21). The smallest absolute Gasteiger partial charge is 0.273 e. The van der Waals surface area contributed by atoms with Crippen LogP contribution in [-0.4, -0.2) is 33.7 Å². The molecule has 0 saturated heterocycles. The number of amides is 2. The molecule has 0 aliphatic heterocycles. The molecule has 0 atom stereocenters. The zero-order valence-electron chi connectivity index (χ0n) is 12.3. The van der Waals surface area contributed by atoms with Gasteiger partial charge in [0.1, 0.15) is 11.5 Å². The highest BCUT2D eigenvalue weighted by Gasteiger charge is 2.09. The van der Waals surface area contributed by atoms with Gasteiger partial charge in [-0.15, -0.1) is 0 Å². The number of imidazole rings is 1. The Morgan fingerprint density at radius 2 is 2.14 bits per heavy atom. The first-order valence-electron chi connectivity index (χ1n) is 6.59. The van der Waals surface area contributed by atoms with Crippen molar-refractivity contribution in [3.8, 4) is 0 Å². The lowest BCUT2D eigenvalue weighted by Gasteiger charge is -2.15. The Labute approximate surface area is 123 Å². The minimum absolute atomic E-state index is 0.00243. The van der Waals surface area contributed by atoms with Crippen molar-refractivity contribution in [3.63, 3.8) is 0 Å². The molecule has 2 N–H and O–H groups in total. The Bertz CT molecular complexity index is 663. The summed E-state index contributed by atoms with van der Waals surface area (Å²) >= 11 is 0. The van der Waals surface area contributed by atoms with E-state index in [1.165, 1.54) is 13.1 Å². The fourth-order valence-electron chi connectivity index (χ4n) is 1.87. The molecule has 0 radical (unpaired) electrons. The number of benzene rings is 1. The summed E-state index contributed by atoms with van der Waals surface area (Å²) < 4.78 is 0. The van der Waals surface area contributed by atoms with Crippen LogP contribution in [0.2, 0.25) is 0 Å². The molecule has 1 aromatic carbocycles. The SMILES string of the molecule is CC(=O)N(C)Cc1cccc(NC(=O)c2cnc(C)[nH]2)c1. The molecule has 21 heavy (non-hydrogen) atoms. The highest BCUT2D eigenvalue weighted by atomic mass is 16.2. The number of H-pyrrole nitrogens is 1. The molecule has 1 aromatic heterocycles. The summed E-state index contributed by atoms with van der Waals surface area (Å²) in [5, 5.41) is 2.80. The summed E-state index contributed by atoms with van der Waals surface area (Å²) in [7, 11) is 1.74. The zero-order valence-corrected chi connectivity index (χ0v) is 12.3. The van der Waals surface area contributed by atoms with Gasteiger partial charge in [-0.1, -0.05) is 12.1 Å². The molecule has 0 unspecified atom stereocenters. The van der Waals surface area contributed by atoms with Gasteiger partial charge in [-0.3, -0.25) is 9.59 Å². The van der Waals surface area contributed by atoms with E-state index >= 15 is 0 Å². The largest absolute Gasteiger partial charge is 0.342 e. The van der Waals surface area contributed by atoms with Crippen molar-refractivity contribution < 1.29 is 9.59 Å². The maximum Gasteiger partial charge on any atom is 0.273 e. The van der Waals surface area contributed by atoms with Gasteiger partial charge >= 0.3 is 0 Å². The molecule has 110 valence electrons. The molecule has 0 aliphatic rings. The van der Waals surface area contributed by atoms with Crippen LogP contribution in [0.5, 0.6) is 0 Å². The van der Waals surface area contributed by atoms with E-state index in [1.807, 2.05) is 18.2 Å². The lowest BCUT2D eigenvalue weighted by Crippen LogP contribution is -2.23. The van der Waals surface area contributed by atoms with E-state index in [0.717, 1.165) is 5.56 Å². The van der Waals surface area contributed by atoms with Gasteiger partial charge in [-0.2, -0.15) is 0 Å². The van der Waals surface area contributed by atoms with Crippen LogP contribution in [0, 0.1) is 6.92 Å². The van der Waals surface area contributed by atoms with E-state index in [0.29, 0.717) is 23.8 Å². The maximum atomic E-state index is 12.0. The van der Waals surface area contributed by atoms with Crippen LogP contribution in [0.25, 0.3) is 0 Å². The zero-order chi connectivity index (χ0) is 15.4. The Hall–Kier alpha value is -2.63. The third-order valence-electron chi connectivity index (χ3n) is 3.09. The molecule has 1 heterocycles. The van der Waals surface area contributed by atoms with Gasteiger partial charge in [0.2, 0.25) is 5.91 Å². The number of hydrogen-bond acceptors (Lipinski definition) is 3. The molecule has 0 saturated carbocycles. The second-order valence-corrected chi connectivity index (χ2v) is 4.91. The third-order valence-corrected chi connectivity index (χ3v) is 3.09. The highest BCUT2D eigenvalue weighted by molar-refractivity contribution is 6.02. The fraction of sp³-hybridized carbons (Fsp3) is 0.267. The predicted molar refractivity (Wildman–Crippen MR) is 79.9 cm³/mol. The van der Waals surface area contributed by atoms with Crippen LogP contribution in [-0.2, 0) is 11.3 Å². The lowest BCUT2D eigenvalue weighted by molar-refractivity contribution is -0.128. The number of nitrogens with one attached hydrogen (secondary N) is 2. The van der Waals surface area contributed by atoms with E-state index in [2.05, 4.69) is 15.3 Å². The van der Waals surface area contributed by atoms with Crippen LogP contribution >= 0.6 is 0 Å². The quantitative estimate of drug-likeness (QED) is 0.901. The number of carbonyl (C=O) groups excluding carboxylic acids is 2. The van der Waals surface area contributed by atoms with Crippen LogP contribution in [0.1, 0.15) is 28.8 Å². The van der Waals surface area contributed by atoms with Gasteiger partial charge < -0.3 is 15.2 Å². The van der Waals surface area contributed by atoms with Crippen molar-refractivity contribution in [2.75, 3.05) is 12.4 Å². The molecule has 2 aromatic rings. The van der Waals surface area contributed by atoms with E-state index in [1.54, 1.807) is 24.9 Å². The van der Waals surface area contributed by atoms with Crippen LogP contribution < -0.4 is 5.32 Å². The van der Waals surface area contributed by atoms with Crippen molar-refractivity contribution >= 4 is 17.5 Å². The van der Waals surface area contributed by atoms with Gasteiger partial charge in [0.15, 0.2) is 0 Å². The fourth-order valence-corrected chi connectivity index (χ4v) is 1.87. The molecule has 2 rings (SSSR count). The van der Waals surface area contributed by atoms with E-state index < -0.39 is 0 Å². The number of rotatable bonds is 4. The normalized spacial score (nSPS) is 10.2. The lowest BCUT2D eigenvalue weighted by atomic mass is 10.2.